The van der Waals surface area contributed by atoms with Crippen LogP contribution < -0.4 is 10.6 Å². The van der Waals surface area contributed by atoms with Gasteiger partial charge >= 0.3 is 0 Å². The number of carbonyl (C=O) groups is 1. The molecule has 0 spiro atoms. The molecule has 11 nitrogen and oxygen atoms in total. The van der Waals surface area contributed by atoms with E-state index in [9.17, 15) is 4.79 Å². The molecule has 180 valence electrons. The fourth-order valence-electron chi connectivity index (χ4n) is 4.03. The zero-order chi connectivity index (χ0) is 25.1. The molecule has 0 saturated carbocycles. The Morgan fingerprint density at radius 2 is 1.94 bits per heavy atom. The Morgan fingerprint density at radius 3 is 2.69 bits per heavy atom. The van der Waals surface area contributed by atoms with Gasteiger partial charge in [-0.25, -0.2) is 14.6 Å². The molecule has 1 aromatic carbocycles. The molecule has 0 bridgehead atoms. The van der Waals surface area contributed by atoms with Gasteiger partial charge in [0.15, 0.2) is 5.82 Å². The van der Waals surface area contributed by atoms with Gasteiger partial charge in [-0.05, 0) is 34.2 Å². The smallest absolute Gasteiger partial charge is 0.251 e. The minimum atomic E-state index is -0.130. The third-order valence-corrected chi connectivity index (χ3v) is 5.97. The standard InChI is InChI=1S/C25H24N10O/c1-15(17-5-4-6-18-19(25(36)26-2)9-10-27-23(17)18)12-29-22-11-21(30-14-31-22)16-7-8-20(28-13-16)24-32-33-34-35(24)3/h4-11,13-15H,12H2,1-3H3,(H,26,36)(H,29,30,31)/t15-/m1/s1. The minimum Gasteiger partial charge on any atom is -0.369 e. The SMILES string of the molecule is CNC(=O)c1ccnc2c([C@H](C)CNc3cc(-c4ccc(-c5nnnn5C)nc4)ncn3)cccc12. The van der Waals surface area contributed by atoms with Crippen molar-refractivity contribution in [3.63, 3.8) is 0 Å². The number of carbonyl (C=O) groups excluding carboxylic acids is 1. The van der Waals surface area contributed by atoms with E-state index in [1.54, 1.807) is 37.2 Å². The molecule has 0 radical (unpaired) electrons. The predicted molar refractivity (Wildman–Crippen MR) is 135 cm³/mol. The van der Waals surface area contributed by atoms with Crippen LogP contribution in [0.15, 0.2) is 61.2 Å². The molecule has 0 aliphatic carbocycles. The van der Waals surface area contributed by atoms with Crippen molar-refractivity contribution in [1.82, 2.24) is 45.5 Å². The summed E-state index contributed by atoms with van der Waals surface area (Å²) in [5.74, 6) is 1.27. The topological polar surface area (TPSA) is 136 Å². The molecule has 0 aliphatic heterocycles. The summed E-state index contributed by atoms with van der Waals surface area (Å²) in [6, 6.07) is 13.3. The van der Waals surface area contributed by atoms with Crippen LogP contribution in [0.4, 0.5) is 5.82 Å². The first-order valence-electron chi connectivity index (χ1n) is 11.4. The number of aromatic nitrogens is 8. The largest absolute Gasteiger partial charge is 0.369 e. The van der Waals surface area contributed by atoms with Gasteiger partial charge in [-0.15, -0.1) is 5.10 Å². The van der Waals surface area contributed by atoms with Crippen molar-refractivity contribution in [2.75, 3.05) is 18.9 Å². The number of tetrazole rings is 1. The maximum Gasteiger partial charge on any atom is 0.251 e. The number of rotatable bonds is 7. The Bertz CT molecular complexity index is 1530. The van der Waals surface area contributed by atoms with Crippen LogP contribution in [0.2, 0.25) is 0 Å². The Morgan fingerprint density at radius 1 is 1.06 bits per heavy atom. The minimum absolute atomic E-state index is 0.112. The second-order valence-electron chi connectivity index (χ2n) is 8.31. The molecular weight excluding hydrogens is 456 g/mol. The lowest BCUT2D eigenvalue weighted by Crippen LogP contribution is -2.18. The van der Waals surface area contributed by atoms with E-state index >= 15 is 0 Å². The molecule has 0 saturated heterocycles. The molecule has 0 fully saturated rings. The lowest BCUT2D eigenvalue weighted by Gasteiger charge is -2.16. The highest BCUT2D eigenvalue weighted by molar-refractivity contribution is 6.06. The van der Waals surface area contributed by atoms with E-state index in [1.807, 2.05) is 36.4 Å². The van der Waals surface area contributed by atoms with Gasteiger partial charge in [-0.1, -0.05) is 25.1 Å². The number of nitrogens with zero attached hydrogens (tertiary/aromatic N) is 8. The number of amides is 1. The van der Waals surface area contributed by atoms with Crippen LogP contribution in [-0.2, 0) is 7.05 Å². The first kappa shape index (κ1) is 23.0. The molecule has 5 rings (SSSR count). The Kier molecular flexibility index (Phi) is 6.27. The van der Waals surface area contributed by atoms with E-state index in [0.717, 1.165) is 27.7 Å². The van der Waals surface area contributed by atoms with Crippen molar-refractivity contribution < 1.29 is 4.79 Å². The second kappa shape index (κ2) is 9.82. The van der Waals surface area contributed by atoms with Gasteiger partial charge in [-0.2, -0.15) is 0 Å². The molecule has 5 aromatic rings. The zero-order valence-electron chi connectivity index (χ0n) is 20.0. The van der Waals surface area contributed by atoms with Crippen LogP contribution in [0.3, 0.4) is 0 Å². The maximum atomic E-state index is 12.3. The highest BCUT2D eigenvalue weighted by Crippen LogP contribution is 2.27. The lowest BCUT2D eigenvalue weighted by atomic mass is 9.96. The second-order valence-corrected chi connectivity index (χ2v) is 8.31. The van der Waals surface area contributed by atoms with Gasteiger partial charge in [0.2, 0.25) is 0 Å². The highest BCUT2D eigenvalue weighted by Gasteiger charge is 2.15. The lowest BCUT2D eigenvalue weighted by molar-refractivity contribution is 0.0964. The van der Waals surface area contributed by atoms with Gasteiger partial charge < -0.3 is 10.6 Å². The fraction of sp³-hybridized carbons (Fsp3) is 0.200. The van der Waals surface area contributed by atoms with E-state index in [-0.39, 0.29) is 11.8 Å². The summed E-state index contributed by atoms with van der Waals surface area (Å²) in [7, 11) is 3.39. The van der Waals surface area contributed by atoms with Crippen LogP contribution >= 0.6 is 0 Å². The predicted octanol–water partition coefficient (Wildman–Crippen LogP) is 2.85. The van der Waals surface area contributed by atoms with Gasteiger partial charge in [0, 0.05) is 56.0 Å². The molecule has 4 aromatic heterocycles. The summed E-state index contributed by atoms with van der Waals surface area (Å²) >= 11 is 0. The van der Waals surface area contributed by atoms with E-state index in [0.29, 0.717) is 29.4 Å². The molecule has 11 heteroatoms. The molecule has 1 atom stereocenters. The quantitative estimate of drug-likeness (QED) is 0.360. The highest BCUT2D eigenvalue weighted by atomic mass is 16.1. The van der Waals surface area contributed by atoms with Crippen molar-refractivity contribution in [3.8, 4) is 22.8 Å². The number of fused-ring (bicyclic) bond motifs is 1. The third-order valence-electron chi connectivity index (χ3n) is 5.97. The average Bonchev–Trinajstić information content (AvgIpc) is 3.36. The van der Waals surface area contributed by atoms with E-state index in [1.165, 1.54) is 6.33 Å². The summed E-state index contributed by atoms with van der Waals surface area (Å²) in [4.78, 5) is 30.1. The van der Waals surface area contributed by atoms with Gasteiger partial charge in [0.1, 0.15) is 17.8 Å². The van der Waals surface area contributed by atoms with Crippen LogP contribution in [0, 0.1) is 0 Å². The number of hydrogen-bond donors (Lipinski definition) is 2. The molecular formula is C25H24N10O. The molecule has 36 heavy (non-hydrogen) atoms. The van der Waals surface area contributed by atoms with Crippen molar-refractivity contribution in [2.24, 2.45) is 7.05 Å². The number of anilines is 1. The number of nitrogens with one attached hydrogen (secondary N) is 2. The van der Waals surface area contributed by atoms with Crippen molar-refractivity contribution in [3.05, 3.63) is 72.3 Å². The van der Waals surface area contributed by atoms with Crippen LogP contribution in [-0.4, -0.2) is 59.6 Å². The summed E-state index contributed by atoms with van der Waals surface area (Å²) in [5, 5.41) is 18.4. The normalized spacial score (nSPS) is 11.9. The molecule has 2 N–H and O–H groups in total. The first-order chi connectivity index (χ1) is 17.5. The average molecular weight is 481 g/mol. The van der Waals surface area contributed by atoms with E-state index in [4.69, 9.17) is 0 Å². The number of benzene rings is 1. The molecule has 0 unspecified atom stereocenters. The zero-order valence-corrected chi connectivity index (χ0v) is 20.0. The summed E-state index contributed by atoms with van der Waals surface area (Å²) < 4.78 is 1.57. The van der Waals surface area contributed by atoms with Gasteiger partial charge in [0.25, 0.3) is 5.91 Å². The van der Waals surface area contributed by atoms with Gasteiger partial charge in [0.05, 0.1) is 16.8 Å². The van der Waals surface area contributed by atoms with E-state index < -0.39 is 0 Å². The Balaban J connectivity index is 1.33. The first-order valence-corrected chi connectivity index (χ1v) is 11.4. The van der Waals surface area contributed by atoms with Crippen LogP contribution in [0.1, 0.15) is 28.8 Å². The van der Waals surface area contributed by atoms with Crippen LogP contribution in [0.25, 0.3) is 33.7 Å². The monoisotopic (exact) mass is 480 g/mol. The third kappa shape index (κ3) is 4.45. The Labute approximate surface area is 207 Å². The van der Waals surface area contributed by atoms with Gasteiger partial charge in [-0.3, -0.25) is 14.8 Å². The number of hydrogen-bond acceptors (Lipinski definition) is 9. The molecule has 4 heterocycles. The fourth-order valence-corrected chi connectivity index (χ4v) is 4.03. The summed E-state index contributed by atoms with van der Waals surface area (Å²) in [5.41, 5.74) is 4.76. The van der Waals surface area contributed by atoms with Crippen molar-refractivity contribution >= 4 is 22.6 Å². The van der Waals surface area contributed by atoms with Crippen LogP contribution in [0.5, 0.6) is 0 Å². The molecule has 0 aliphatic rings. The van der Waals surface area contributed by atoms with Crippen molar-refractivity contribution in [2.45, 2.75) is 12.8 Å². The number of para-hydroxylation sites is 1. The van der Waals surface area contributed by atoms with Crippen molar-refractivity contribution in [1.29, 1.82) is 0 Å². The number of aryl methyl sites for hydroxylation is 1. The summed E-state index contributed by atoms with van der Waals surface area (Å²) in [6.07, 6.45) is 4.94. The Hall–Kier alpha value is -4.80. The summed E-state index contributed by atoms with van der Waals surface area (Å²) in [6.45, 7) is 2.74. The van der Waals surface area contributed by atoms with E-state index in [2.05, 4.69) is 53.0 Å². The maximum absolute atomic E-state index is 12.3. The molecule has 1 amide bonds. The number of pyridine rings is 2.